The molecule has 23 heavy (non-hydrogen) atoms. The van der Waals surface area contributed by atoms with Crippen molar-refractivity contribution in [3.05, 3.63) is 23.9 Å². The minimum absolute atomic E-state index is 0.0614. The van der Waals surface area contributed by atoms with E-state index in [9.17, 15) is 18.0 Å². The summed E-state index contributed by atoms with van der Waals surface area (Å²) < 4.78 is 41.2. The number of nitrogens with one attached hydrogen (secondary N) is 1. The Labute approximate surface area is 131 Å². The van der Waals surface area contributed by atoms with Crippen LogP contribution in [-0.4, -0.2) is 29.3 Å². The van der Waals surface area contributed by atoms with Gasteiger partial charge in [-0.3, -0.25) is 4.79 Å². The highest BCUT2D eigenvalue weighted by Gasteiger charge is 2.32. The SMILES string of the molecule is CC1(CCCC(=O)NCc2cccnc2OCC(F)(F)F)N=N1. The van der Waals surface area contributed by atoms with Crippen LogP contribution >= 0.6 is 0 Å². The van der Waals surface area contributed by atoms with Crippen molar-refractivity contribution in [3.8, 4) is 5.88 Å². The number of alkyl halides is 3. The van der Waals surface area contributed by atoms with Crippen molar-refractivity contribution in [3.63, 3.8) is 0 Å². The molecule has 6 nitrogen and oxygen atoms in total. The summed E-state index contributed by atoms with van der Waals surface area (Å²) in [5.41, 5.74) is 0.0617. The van der Waals surface area contributed by atoms with Crippen LogP contribution in [0.5, 0.6) is 5.88 Å². The van der Waals surface area contributed by atoms with E-state index in [0.29, 0.717) is 24.8 Å². The molecule has 0 saturated heterocycles. The van der Waals surface area contributed by atoms with E-state index in [1.165, 1.54) is 6.20 Å². The van der Waals surface area contributed by atoms with Gasteiger partial charge in [0.15, 0.2) is 12.3 Å². The van der Waals surface area contributed by atoms with Crippen molar-refractivity contribution >= 4 is 5.91 Å². The number of hydrogen-bond acceptors (Lipinski definition) is 5. The van der Waals surface area contributed by atoms with Gasteiger partial charge in [-0.1, -0.05) is 6.07 Å². The van der Waals surface area contributed by atoms with Crippen molar-refractivity contribution in [2.45, 2.75) is 44.6 Å². The largest absolute Gasteiger partial charge is 0.468 e. The fraction of sp³-hybridized carbons (Fsp3) is 0.571. The second-order valence-electron chi connectivity index (χ2n) is 5.42. The summed E-state index contributed by atoms with van der Waals surface area (Å²) in [6.07, 6.45) is -1.46. The van der Waals surface area contributed by atoms with E-state index < -0.39 is 12.8 Å². The number of carbonyl (C=O) groups excluding carboxylic acids is 1. The molecule has 1 amide bonds. The monoisotopic (exact) mass is 330 g/mol. The normalized spacial score (nSPS) is 15.3. The number of pyridine rings is 1. The maximum absolute atomic E-state index is 12.2. The molecule has 0 radical (unpaired) electrons. The predicted molar refractivity (Wildman–Crippen MR) is 74.7 cm³/mol. The van der Waals surface area contributed by atoms with Crippen LogP contribution in [0.3, 0.4) is 0 Å². The van der Waals surface area contributed by atoms with Gasteiger partial charge in [-0.25, -0.2) is 4.98 Å². The van der Waals surface area contributed by atoms with E-state index in [1.807, 2.05) is 6.92 Å². The van der Waals surface area contributed by atoms with Gasteiger partial charge in [0.1, 0.15) is 0 Å². The first-order valence-electron chi connectivity index (χ1n) is 7.12. The third-order valence-electron chi connectivity index (χ3n) is 3.19. The highest BCUT2D eigenvalue weighted by Crippen LogP contribution is 2.32. The van der Waals surface area contributed by atoms with E-state index >= 15 is 0 Å². The van der Waals surface area contributed by atoms with Gasteiger partial charge in [0, 0.05) is 24.7 Å². The second kappa shape index (κ2) is 6.93. The van der Waals surface area contributed by atoms with Crippen molar-refractivity contribution < 1.29 is 22.7 Å². The van der Waals surface area contributed by atoms with Crippen LogP contribution in [0.2, 0.25) is 0 Å². The summed E-state index contributed by atoms with van der Waals surface area (Å²) in [5, 5.41) is 10.3. The van der Waals surface area contributed by atoms with Gasteiger partial charge in [0.2, 0.25) is 11.8 Å². The summed E-state index contributed by atoms with van der Waals surface area (Å²) >= 11 is 0. The van der Waals surface area contributed by atoms with Crippen molar-refractivity contribution in [1.82, 2.24) is 10.3 Å². The molecule has 0 atom stereocenters. The van der Waals surface area contributed by atoms with Gasteiger partial charge in [-0.05, 0) is 25.8 Å². The molecule has 1 aliphatic heterocycles. The molecule has 1 aliphatic rings. The number of amides is 1. The van der Waals surface area contributed by atoms with Crippen LogP contribution in [0.4, 0.5) is 13.2 Å². The average molecular weight is 330 g/mol. The summed E-state index contributed by atoms with van der Waals surface area (Å²) in [5.74, 6) is -0.326. The smallest absolute Gasteiger partial charge is 0.422 e. The molecule has 0 unspecified atom stereocenters. The van der Waals surface area contributed by atoms with Crippen LogP contribution in [0.15, 0.2) is 28.6 Å². The first kappa shape index (κ1) is 17.2. The zero-order valence-corrected chi connectivity index (χ0v) is 12.6. The Kier molecular flexibility index (Phi) is 5.17. The molecule has 1 aromatic rings. The summed E-state index contributed by atoms with van der Waals surface area (Å²) in [7, 11) is 0. The third kappa shape index (κ3) is 6.21. The molecule has 0 aromatic carbocycles. The Balaban J connectivity index is 1.76. The molecular weight excluding hydrogens is 313 g/mol. The van der Waals surface area contributed by atoms with Crippen LogP contribution < -0.4 is 10.1 Å². The van der Waals surface area contributed by atoms with Crippen molar-refractivity contribution in [1.29, 1.82) is 0 Å². The van der Waals surface area contributed by atoms with Crippen molar-refractivity contribution in [2.75, 3.05) is 6.61 Å². The maximum Gasteiger partial charge on any atom is 0.422 e. The Morgan fingerprint density at radius 2 is 2.13 bits per heavy atom. The van der Waals surface area contributed by atoms with Crippen LogP contribution in [0.25, 0.3) is 0 Å². The van der Waals surface area contributed by atoms with Gasteiger partial charge in [-0.15, -0.1) is 0 Å². The third-order valence-corrected chi connectivity index (χ3v) is 3.19. The van der Waals surface area contributed by atoms with Crippen LogP contribution in [0, 0.1) is 0 Å². The molecule has 0 saturated carbocycles. The predicted octanol–water partition coefficient (Wildman–Crippen LogP) is 2.99. The first-order chi connectivity index (χ1) is 10.8. The molecule has 0 fully saturated rings. The maximum atomic E-state index is 12.2. The number of ether oxygens (including phenoxy) is 1. The molecule has 2 heterocycles. The topological polar surface area (TPSA) is 75.9 Å². The molecule has 0 aliphatic carbocycles. The van der Waals surface area contributed by atoms with Gasteiger partial charge >= 0.3 is 6.18 Å². The highest BCUT2D eigenvalue weighted by atomic mass is 19.4. The zero-order chi connectivity index (χ0) is 16.9. The number of halogens is 3. The fourth-order valence-corrected chi connectivity index (χ4v) is 1.89. The molecule has 1 aromatic heterocycles. The lowest BCUT2D eigenvalue weighted by atomic mass is 10.1. The molecule has 0 bridgehead atoms. The first-order valence-corrected chi connectivity index (χ1v) is 7.12. The average Bonchev–Trinajstić information content (AvgIpc) is 3.21. The number of nitrogens with zero attached hydrogens (tertiary/aromatic N) is 3. The second-order valence-corrected chi connectivity index (χ2v) is 5.42. The van der Waals surface area contributed by atoms with Gasteiger partial charge < -0.3 is 10.1 Å². The zero-order valence-electron chi connectivity index (χ0n) is 12.6. The van der Waals surface area contributed by atoms with Gasteiger partial charge in [-0.2, -0.15) is 23.4 Å². The van der Waals surface area contributed by atoms with E-state index in [2.05, 4.69) is 25.3 Å². The summed E-state index contributed by atoms with van der Waals surface area (Å²) in [6, 6.07) is 3.13. The lowest BCUT2D eigenvalue weighted by Crippen LogP contribution is -2.24. The van der Waals surface area contributed by atoms with Gasteiger partial charge in [0.05, 0.1) is 0 Å². The Morgan fingerprint density at radius 3 is 2.78 bits per heavy atom. The number of carbonyl (C=O) groups is 1. The number of aromatic nitrogens is 1. The van der Waals surface area contributed by atoms with Crippen LogP contribution in [-0.2, 0) is 11.3 Å². The molecule has 2 rings (SSSR count). The molecule has 126 valence electrons. The number of rotatable bonds is 8. The van der Waals surface area contributed by atoms with E-state index in [4.69, 9.17) is 0 Å². The van der Waals surface area contributed by atoms with Crippen LogP contribution in [0.1, 0.15) is 31.7 Å². The lowest BCUT2D eigenvalue weighted by molar-refractivity contribution is -0.154. The lowest BCUT2D eigenvalue weighted by Gasteiger charge is -2.12. The molecule has 0 spiro atoms. The van der Waals surface area contributed by atoms with Gasteiger partial charge in [0.25, 0.3) is 0 Å². The molecule has 1 N–H and O–H groups in total. The van der Waals surface area contributed by atoms with Crippen molar-refractivity contribution in [2.24, 2.45) is 10.2 Å². The highest BCUT2D eigenvalue weighted by molar-refractivity contribution is 5.75. The minimum atomic E-state index is -4.44. The summed E-state index contributed by atoms with van der Waals surface area (Å²) in [6.45, 7) is 0.521. The van der Waals surface area contributed by atoms with E-state index in [0.717, 1.165) is 0 Å². The molecule has 9 heteroatoms. The Morgan fingerprint density at radius 1 is 1.39 bits per heavy atom. The van der Waals surface area contributed by atoms with E-state index in [1.54, 1.807) is 12.1 Å². The standard InChI is InChI=1S/C14H17F3N4O2/c1-13(20-21-13)6-2-5-11(22)19-8-10-4-3-7-18-12(10)23-9-14(15,16)17/h3-4,7H,2,5-6,8-9H2,1H3,(H,19,22). The van der Waals surface area contributed by atoms with E-state index in [-0.39, 0.29) is 24.0 Å². The quantitative estimate of drug-likeness (QED) is 0.796. The molecular formula is C14H17F3N4O2. The Bertz CT molecular complexity index is 584. The Hall–Kier alpha value is -2.19. The minimum Gasteiger partial charge on any atom is -0.468 e. The number of hydrogen-bond donors (Lipinski definition) is 1. The fourth-order valence-electron chi connectivity index (χ4n) is 1.89. The summed E-state index contributed by atoms with van der Waals surface area (Å²) in [4.78, 5) is 15.5.